The molecule has 0 unspecified atom stereocenters. The summed E-state index contributed by atoms with van der Waals surface area (Å²) < 4.78 is 37.5. The van der Waals surface area contributed by atoms with Gasteiger partial charge < -0.3 is 0 Å². The van der Waals surface area contributed by atoms with Crippen molar-refractivity contribution in [1.82, 2.24) is 0 Å². The zero-order chi connectivity index (χ0) is 12.0. The Morgan fingerprint density at radius 1 is 0.500 bits per heavy atom. The van der Waals surface area contributed by atoms with Crippen LogP contribution in [0.4, 0.5) is 0 Å². The number of hydrogen-bond acceptors (Lipinski definition) is 0. The van der Waals surface area contributed by atoms with E-state index in [2.05, 4.69) is 58.5 Å². The number of halogens is 1. The van der Waals surface area contributed by atoms with Gasteiger partial charge in [-0.05, 0) is 0 Å². The predicted octanol–water partition coefficient (Wildman–Crippen LogP) is 0.499. The Morgan fingerprint density at radius 2 is 0.500 bits per heavy atom. The first-order chi connectivity index (χ1) is 6.00. The maximum atomic E-state index is 7.50. The van der Waals surface area contributed by atoms with Crippen molar-refractivity contribution in [2.75, 3.05) is 0 Å². The van der Waals surface area contributed by atoms with E-state index >= 15 is 0 Å². The van der Waals surface area contributed by atoms with E-state index < -0.39 is 0 Å². The molecule has 0 saturated heterocycles. The van der Waals surface area contributed by atoms with Crippen LogP contribution in [0.1, 0.15) is 0 Å². The molecule has 5 nitrogen and oxygen atoms in total. The molecule has 0 radical (unpaired) electrons. The van der Waals surface area contributed by atoms with Crippen molar-refractivity contribution >= 4 is 10.1 Å². The van der Waals surface area contributed by atoms with Crippen LogP contribution in [-0.4, -0.2) is 0 Å². The first-order valence-corrected chi connectivity index (χ1v) is 2.79. The van der Waals surface area contributed by atoms with Gasteiger partial charge in [0.2, 0.25) is 0 Å². The fourth-order valence-corrected chi connectivity index (χ4v) is 0. The van der Waals surface area contributed by atoms with Crippen LogP contribution in [0.25, 0.3) is 0 Å². The second kappa shape index (κ2) is 3950. The van der Waals surface area contributed by atoms with E-state index in [1.807, 2.05) is 0 Å². The van der Waals surface area contributed by atoms with Crippen LogP contribution in [0.15, 0.2) is 0 Å². The van der Waals surface area contributed by atoms with Gasteiger partial charge in [-0.2, -0.15) is 0 Å². The average molecular weight is 230 g/mol. The van der Waals surface area contributed by atoms with Crippen LogP contribution in [0.5, 0.6) is 0 Å². The Morgan fingerprint density at radius 3 is 0.500 bits per heavy atom. The van der Waals surface area contributed by atoms with Crippen LogP contribution in [-0.2, 0) is 38.4 Å². The summed E-state index contributed by atoms with van der Waals surface area (Å²) >= 11 is 2.41. The summed E-state index contributed by atoms with van der Waals surface area (Å²) in [4.78, 5) is 0. The molecule has 0 N–H and O–H groups in total. The van der Waals surface area contributed by atoms with Gasteiger partial charge in [-0.1, -0.05) is 0 Å². The molecule has 0 heterocycles. The quantitative estimate of drug-likeness (QED) is 0.329. The van der Waals surface area contributed by atoms with E-state index in [9.17, 15) is 0 Å². The number of hydrogen-bond donors (Lipinski definition) is 0. The first kappa shape index (κ1) is 41.9. The molecule has 0 spiro atoms. The predicted molar refractivity (Wildman–Crippen MR) is 25.5 cm³/mol. The molecule has 0 aliphatic heterocycles. The summed E-state index contributed by atoms with van der Waals surface area (Å²) in [7, 11) is 4.45. The number of rotatable bonds is 0. The fraction of sp³-hybridized carbons (Fsp3) is 0. The van der Waals surface area contributed by atoms with Crippen LogP contribution in [0, 0.1) is 33.3 Å². The van der Waals surface area contributed by atoms with E-state index in [0.717, 1.165) is 0 Å². The molecule has 0 fully saturated rings. The van der Waals surface area contributed by atoms with Crippen LogP contribution >= 0.6 is 10.1 Å². The molecule has 0 aromatic rings. The molecular formula is C5ClMnO5. The van der Waals surface area contributed by atoms with Gasteiger partial charge in [0.05, 0.1) is 0 Å². The zero-order valence-corrected chi connectivity index (χ0v) is 7.23. The molecule has 64 valence electrons. The standard InChI is InChI=1S/5CO.ClH.Mn/c5*1-2;;/h;;;;;1H;/q;;;;;;+1/p-1. The second-order valence-corrected chi connectivity index (χ2v) is 0. The molecule has 0 aliphatic carbocycles. The average Bonchev–Trinajstić information content (AvgIpc) is 2.33. The van der Waals surface area contributed by atoms with Gasteiger partial charge in [-0.3, -0.25) is 0 Å². The Bertz CT molecular complexity index is 78.4. The Balaban J connectivity index is -0.00000000900. The van der Waals surface area contributed by atoms with Gasteiger partial charge in [-0.25, -0.2) is 0 Å². The minimum atomic E-state index is 2.41. The van der Waals surface area contributed by atoms with Crippen molar-refractivity contribution in [3.8, 4) is 0 Å². The van der Waals surface area contributed by atoms with Crippen molar-refractivity contribution < 1.29 is 38.4 Å². The monoisotopic (exact) mass is 230 g/mol. The molecule has 0 aromatic heterocycles. The summed E-state index contributed by atoms with van der Waals surface area (Å²) in [6.07, 6.45) is 0. The van der Waals surface area contributed by atoms with Crippen LogP contribution in [0.3, 0.4) is 0 Å². The Kier molecular flexibility index (Phi) is 13800. The Labute approximate surface area is 82.1 Å². The summed E-state index contributed by atoms with van der Waals surface area (Å²) in [6.45, 7) is 22.5. The molecule has 7 heteroatoms. The van der Waals surface area contributed by atoms with Gasteiger partial charge in [-0.15, -0.1) is 0 Å². The van der Waals surface area contributed by atoms with E-state index in [-0.39, 0.29) is 0 Å². The molecule has 0 atom stereocenters. The second-order valence-electron chi connectivity index (χ2n) is 0. The summed E-state index contributed by atoms with van der Waals surface area (Å²) in [5.41, 5.74) is 0. The maximum absolute atomic E-state index is 7.50. The van der Waals surface area contributed by atoms with E-state index in [0.29, 0.717) is 0 Å². The molecular weight excluding hydrogens is 230 g/mol. The Hall–Kier alpha value is -0.491. The summed E-state index contributed by atoms with van der Waals surface area (Å²) in [5, 5.41) is 0. The zero-order valence-electron chi connectivity index (χ0n) is 5.30. The van der Waals surface area contributed by atoms with E-state index in [1.54, 1.807) is 0 Å². The molecule has 0 amide bonds. The first-order valence-electron chi connectivity index (χ1n) is 1.16. The van der Waals surface area contributed by atoms with Crippen molar-refractivity contribution in [2.24, 2.45) is 0 Å². The third kappa shape index (κ3) is 2860. The van der Waals surface area contributed by atoms with Gasteiger partial charge in [0.15, 0.2) is 0 Å². The van der Waals surface area contributed by atoms with Crippen molar-refractivity contribution in [3.05, 3.63) is 33.3 Å². The summed E-state index contributed by atoms with van der Waals surface area (Å²) in [5.74, 6) is 0. The van der Waals surface area contributed by atoms with E-state index in [4.69, 9.17) is 23.3 Å². The van der Waals surface area contributed by atoms with Gasteiger partial charge in [0.25, 0.3) is 0 Å². The van der Waals surface area contributed by atoms with Crippen molar-refractivity contribution in [2.45, 2.75) is 0 Å². The molecule has 0 aromatic carbocycles. The SMILES string of the molecule is [C-]#[O+].[C-]#[O+].[C-]#[O+].[C-]#[O+].[C-]#[O+].[Cl][Mn]. The topological polar surface area (TPSA) is 99.5 Å². The third-order valence-corrected chi connectivity index (χ3v) is 0. The van der Waals surface area contributed by atoms with Gasteiger partial charge in [0.1, 0.15) is 0 Å². The van der Waals surface area contributed by atoms with Crippen molar-refractivity contribution in [1.29, 1.82) is 0 Å². The molecule has 0 bridgehead atoms. The fourth-order valence-electron chi connectivity index (χ4n) is 0. The van der Waals surface area contributed by atoms with Crippen LogP contribution < -0.4 is 0 Å². The molecule has 0 saturated carbocycles. The van der Waals surface area contributed by atoms with E-state index in [1.165, 1.54) is 0 Å². The minimum absolute atomic E-state index is 2.41. The van der Waals surface area contributed by atoms with Gasteiger partial charge >= 0.3 is 81.7 Å². The molecule has 12 heavy (non-hydrogen) atoms. The van der Waals surface area contributed by atoms with Gasteiger partial charge in [0, 0.05) is 0 Å². The molecule has 0 aliphatic rings. The van der Waals surface area contributed by atoms with Crippen molar-refractivity contribution in [3.63, 3.8) is 0 Å². The normalized spacial score (nSPS) is 1.33. The third-order valence-electron chi connectivity index (χ3n) is 0. The molecule has 0 rings (SSSR count). The van der Waals surface area contributed by atoms with Crippen LogP contribution in [0.2, 0.25) is 0 Å². The summed E-state index contributed by atoms with van der Waals surface area (Å²) in [6, 6.07) is 0.